The van der Waals surface area contributed by atoms with Gasteiger partial charge in [-0.15, -0.1) is 0 Å². The molecule has 1 aliphatic heterocycles. The average molecular weight is 419 g/mol. The summed E-state index contributed by atoms with van der Waals surface area (Å²) in [5, 5.41) is 3.06. The summed E-state index contributed by atoms with van der Waals surface area (Å²) >= 11 is 1.77. The topological polar surface area (TPSA) is 74.2 Å². The zero-order valence-electron chi connectivity index (χ0n) is 15.7. The van der Waals surface area contributed by atoms with Crippen LogP contribution in [0.5, 0.6) is 5.75 Å². The van der Waals surface area contributed by atoms with Crippen LogP contribution in [0.4, 0.5) is 4.39 Å². The van der Waals surface area contributed by atoms with Crippen molar-refractivity contribution in [1.82, 2.24) is 14.5 Å². The van der Waals surface area contributed by atoms with Crippen LogP contribution in [0, 0.1) is 5.82 Å². The molecular weight excluding hydrogens is 391 g/mol. The third-order valence-electron chi connectivity index (χ3n) is 4.10. The summed E-state index contributed by atoms with van der Waals surface area (Å²) in [7, 11) is 0.195. The fraction of sp³-hybridized carbons (Fsp3) is 0.588. The van der Waals surface area contributed by atoms with Crippen LogP contribution in [0.2, 0.25) is 0 Å². The van der Waals surface area contributed by atoms with Crippen molar-refractivity contribution in [2.24, 2.45) is 4.99 Å². The number of hydrogen-bond acceptors (Lipinski definition) is 5. The van der Waals surface area contributed by atoms with Gasteiger partial charge in [-0.05, 0) is 12.1 Å². The number of ether oxygens (including phenoxy) is 1. The van der Waals surface area contributed by atoms with Crippen LogP contribution in [0.15, 0.2) is 29.3 Å². The van der Waals surface area contributed by atoms with Gasteiger partial charge in [0.15, 0.2) is 17.5 Å². The number of halogens is 1. The second-order valence-electron chi connectivity index (χ2n) is 6.00. The van der Waals surface area contributed by atoms with Gasteiger partial charge in [-0.3, -0.25) is 4.99 Å². The van der Waals surface area contributed by atoms with Crippen LogP contribution in [0.25, 0.3) is 0 Å². The third kappa shape index (κ3) is 6.86. The maximum atomic E-state index is 13.5. The van der Waals surface area contributed by atoms with E-state index >= 15 is 0 Å². The molecule has 0 aromatic heterocycles. The Morgan fingerprint density at radius 1 is 1.37 bits per heavy atom. The number of sulfonamides is 1. The number of likely N-dealkylation sites (N-methyl/N-ethyl adjacent to an activating group) is 1. The molecule has 0 saturated carbocycles. The molecule has 1 N–H and O–H groups in total. The number of para-hydroxylation sites is 1. The van der Waals surface area contributed by atoms with Gasteiger partial charge in [0.25, 0.3) is 0 Å². The molecule has 27 heavy (non-hydrogen) atoms. The molecule has 1 heterocycles. The number of guanidine groups is 1. The zero-order valence-corrected chi connectivity index (χ0v) is 17.4. The van der Waals surface area contributed by atoms with Crippen molar-refractivity contribution in [3.8, 4) is 5.75 Å². The highest BCUT2D eigenvalue weighted by molar-refractivity contribution is 7.99. The van der Waals surface area contributed by atoms with Gasteiger partial charge in [0.1, 0.15) is 6.61 Å². The highest BCUT2D eigenvalue weighted by Gasteiger charge is 2.23. The second-order valence-corrected chi connectivity index (χ2v) is 9.32. The van der Waals surface area contributed by atoms with E-state index in [0.29, 0.717) is 25.6 Å². The Morgan fingerprint density at radius 3 is 2.74 bits per heavy atom. The lowest BCUT2D eigenvalue weighted by Gasteiger charge is -2.26. The van der Waals surface area contributed by atoms with Gasteiger partial charge in [-0.25, -0.2) is 17.1 Å². The molecule has 0 atom stereocenters. The van der Waals surface area contributed by atoms with E-state index in [4.69, 9.17) is 4.74 Å². The van der Waals surface area contributed by atoms with Crippen LogP contribution in [0.3, 0.4) is 0 Å². The summed E-state index contributed by atoms with van der Waals surface area (Å²) in [6.45, 7) is 2.19. The first-order valence-corrected chi connectivity index (χ1v) is 11.5. The summed E-state index contributed by atoms with van der Waals surface area (Å²) in [4.78, 5) is 5.96. The third-order valence-corrected chi connectivity index (χ3v) is 6.92. The van der Waals surface area contributed by atoms with E-state index in [1.807, 2.05) is 11.9 Å². The lowest BCUT2D eigenvalue weighted by atomic mass is 10.3. The summed E-state index contributed by atoms with van der Waals surface area (Å²) in [6, 6.07) is 6.24. The quantitative estimate of drug-likeness (QED) is 0.503. The lowest BCUT2D eigenvalue weighted by molar-refractivity contribution is 0.270. The monoisotopic (exact) mass is 418 g/mol. The maximum absolute atomic E-state index is 13.5. The van der Waals surface area contributed by atoms with Crippen molar-refractivity contribution >= 4 is 27.7 Å². The van der Waals surface area contributed by atoms with Crippen molar-refractivity contribution in [2.45, 2.75) is 0 Å². The minimum absolute atomic E-state index is 0.0241. The van der Waals surface area contributed by atoms with E-state index in [9.17, 15) is 12.8 Å². The highest BCUT2D eigenvalue weighted by Crippen LogP contribution is 2.15. The van der Waals surface area contributed by atoms with Gasteiger partial charge >= 0.3 is 0 Å². The van der Waals surface area contributed by atoms with E-state index in [2.05, 4.69) is 10.3 Å². The van der Waals surface area contributed by atoms with Crippen molar-refractivity contribution in [2.75, 3.05) is 64.1 Å². The molecule has 152 valence electrons. The Labute approximate surface area is 165 Å². The van der Waals surface area contributed by atoms with Crippen LogP contribution in [-0.4, -0.2) is 87.7 Å². The van der Waals surface area contributed by atoms with Gasteiger partial charge in [-0.2, -0.15) is 11.8 Å². The summed E-state index contributed by atoms with van der Waals surface area (Å²) in [5.41, 5.74) is 0. The number of nitrogens with one attached hydrogen (secondary N) is 1. The normalized spacial score (nSPS) is 16.2. The lowest BCUT2D eigenvalue weighted by Crippen LogP contribution is -2.45. The van der Waals surface area contributed by atoms with Gasteiger partial charge in [0.2, 0.25) is 10.0 Å². The smallest absolute Gasteiger partial charge is 0.215 e. The molecule has 0 amide bonds. The maximum Gasteiger partial charge on any atom is 0.215 e. The Bertz CT molecular complexity index is 725. The Balaban J connectivity index is 1.74. The van der Waals surface area contributed by atoms with Crippen LogP contribution in [0.1, 0.15) is 0 Å². The second kappa shape index (κ2) is 10.7. The summed E-state index contributed by atoms with van der Waals surface area (Å²) in [6.07, 6.45) is 0. The molecule has 0 radical (unpaired) electrons. The van der Waals surface area contributed by atoms with Crippen LogP contribution >= 0.6 is 11.8 Å². The van der Waals surface area contributed by atoms with Gasteiger partial charge in [0.05, 0.1) is 12.3 Å². The van der Waals surface area contributed by atoms with Crippen molar-refractivity contribution in [3.63, 3.8) is 0 Å². The largest absolute Gasteiger partial charge is 0.489 e. The van der Waals surface area contributed by atoms with Gasteiger partial charge < -0.3 is 15.0 Å². The molecule has 1 aromatic carbocycles. The molecule has 2 rings (SSSR count). The van der Waals surface area contributed by atoms with E-state index in [-0.39, 0.29) is 24.7 Å². The minimum Gasteiger partial charge on any atom is -0.489 e. The van der Waals surface area contributed by atoms with Gasteiger partial charge in [0, 0.05) is 45.2 Å². The first kappa shape index (κ1) is 21.8. The summed E-state index contributed by atoms with van der Waals surface area (Å²) < 4.78 is 45.2. The SMILES string of the molecule is CN=C(NCCS(=O)(=O)N1CCSCC1)N(C)CCOc1ccccc1F. The van der Waals surface area contributed by atoms with E-state index in [1.54, 1.807) is 41.3 Å². The number of hydrogen-bond donors (Lipinski definition) is 1. The fourth-order valence-electron chi connectivity index (χ4n) is 2.59. The number of benzene rings is 1. The molecule has 1 saturated heterocycles. The van der Waals surface area contributed by atoms with Crippen LogP contribution < -0.4 is 10.1 Å². The fourth-order valence-corrected chi connectivity index (χ4v) is 5.08. The molecule has 0 aliphatic carbocycles. The molecule has 10 heteroatoms. The molecule has 7 nitrogen and oxygen atoms in total. The predicted molar refractivity (Wildman–Crippen MR) is 109 cm³/mol. The molecule has 0 unspecified atom stereocenters. The number of aliphatic imine (C=N–C) groups is 1. The van der Waals surface area contributed by atoms with E-state index in [0.717, 1.165) is 11.5 Å². The number of nitrogens with zero attached hydrogens (tertiary/aromatic N) is 3. The van der Waals surface area contributed by atoms with E-state index in [1.165, 1.54) is 6.07 Å². The standard InChI is InChI=1S/C17H27FN4O3S2/c1-19-17(20-7-14-27(23,24)22-9-12-26-13-10-22)21(2)8-11-25-16-6-4-3-5-15(16)18/h3-6H,7-14H2,1-2H3,(H,19,20). The Morgan fingerprint density at radius 2 is 2.07 bits per heavy atom. The molecular formula is C17H27FN4O3S2. The molecule has 1 aromatic rings. The first-order valence-electron chi connectivity index (χ1n) is 8.78. The number of rotatable bonds is 8. The zero-order chi connectivity index (χ0) is 19.7. The van der Waals surface area contributed by atoms with Crippen molar-refractivity contribution < 1.29 is 17.5 Å². The molecule has 1 fully saturated rings. The molecule has 0 bridgehead atoms. The Hall–Kier alpha value is -1.52. The summed E-state index contributed by atoms with van der Waals surface area (Å²) in [5.74, 6) is 2.09. The Kier molecular flexibility index (Phi) is 8.65. The highest BCUT2D eigenvalue weighted by atomic mass is 32.2. The van der Waals surface area contributed by atoms with Crippen molar-refractivity contribution in [3.05, 3.63) is 30.1 Å². The van der Waals surface area contributed by atoms with E-state index < -0.39 is 15.8 Å². The molecule has 1 aliphatic rings. The van der Waals surface area contributed by atoms with Crippen molar-refractivity contribution in [1.29, 1.82) is 0 Å². The predicted octanol–water partition coefficient (Wildman–Crippen LogP) is 1.09. The molecule has 0 spiro atoms. The number of thioether (sulfide) groups is 1. The first-order chi connectivity index (χ1) is 12.9. The van der Waals surface area contributed by atoms with Crippen LogP contribution in [-0.2, 0) is 10.0 Å². The van der Waals surface area contributed by atoms with Gasteiger partial charge in [-0.1, -0.05) is 12.1 Å². The average Bonchev–Trinajstić information content (AvgIpc) is 2.67. The minimum atomic E-state index is -3.25.